The number of nitrogens with two attached hydrogens (primary N) is 1. The summed E-state index contributed by atoms with van der Waals surface area (Å²) in [4.78, 5) is 29.2. The first-order chi connectivity index (χ1) is 8.80. The molecule has 0 bridgehead atoms. The van der Waals surface area contributed by atoms with E-state index in [1.807, 2.05) is 0 Å². The Morgan fingerprint density at radius 2 is 2.16 bits per heavy atom. The van der Waals surface area contributed by atoms with Crippen molar-refractivity contribution in [3.05, 3.63) is 22.8 Å². The molecule has 1 aromatic rings. The molecule has 19 heavy (non-hydrogen) atoms. The molecule has 2 rings (SSSR count). The number of rotatable bonds is 2. The van der Waals surface area contributed by atoms with Crippen LogP contribution in [0.2, 0.25) is 5.02 Å². The van der Waals surface area contributed by atoms with Crippen LogP contribution in [0.3, 0.4) is 0 Å². The number of halogens is 1. The summed E-state index contributed by atoms with van der Waals surface area (Å²) in [5.74, 6) is -0.307. The second-order valence-electron chi connectivity index (χ2n) is 4.96. The smallest absolute Gasteiger partial charge is 0.246 e. The van der Waals surface area contributed by atoms with E-state index >= 15 is 0 Å². The molecule has 0 unspecified atom stereocenters. The standard InChI is InChI=1S/C12H15ClN4O2/c1-12(2)11(19)16-10(18)6-17(12)5-8-7(13)3-4-9(14)15-8/h3-4H,5-6H2,1-2H3,(H2,14,15)(H,16,18,19). The summed E-state index contributed by atoms with van der Waals surface area (Å²) in [7, 11) is 0. The van der Waals surface area contributed by atoms with Crippen molar-refractivity contribution in [1.29, 1.82) is 0 Å². The zero-order valence-electron chi connectivity index (χ0n) is 10.7. The van der Waals surface area contributed by atoms with E-state index in [2.05, 4.69) is 10.3 Å². The minimum Gasteiger partial charge on any atom is -0.384 e. The SMILES string of the molecule is CC1(C)C(=O)NC(=O)CN1Cc1nc(N)ccc1Cl. The van der Waals surface area contributed by atoms with Gasteiger partial charge in [-0.05, 0) is 26.0 Å². The predicted molar refractivity (Wildman–Crippen MR) is 71.3 cm³/mol. The monoisotopic (exact) mass is 282 g/mol. The van der Waals surface area contributed by atoms with Gasteiger partial charge in [-0.15, -0.1) is 0 Å². The van der Waals surface area contributed by atoms with Crippen molar-refractivity contribution in [1.82, 2.24) is 15.2 Å². The zero-order chi connectivity index (χ0) is 14.2. The highest BCUT2D eigenvalue weighted by Crippen LogP contribution is 2.24. The highest BCUT2D eigenvalue weighted by atomic mass is 35.5. The van der Waals surface area contributed by atoms with Crippen molar-refractivity contribution in [2.45, 2.75) is 25.9 Å². The van der Waals surface area contributed by atoms with Gasteiger partial charge < -0.3 is 5.73 Å². The Labute approximate surface area is 115 Å². The van der Waals surface area contributed by atoms with Crippen molar-refractivity contribution < 1.29 is 9.59 Å². The molecule has 0 atom stereocenters. The van der Waals surface area contributed by atoms with Gasteiger partial charge in [0.15, 0.2) is 0 Å². The second-order valence-corrected chi connectivity index (χ2v) is 5.36. The summed E-state index contributed by atoms with van der Waals surface area (Å²) in [5.41, 5.74) is 5.37. The fourth-order valence-corrected chi connectivity index (χ4v) is 2.05. The predicted octanol–water partition coefficient (Wildman–Crippen LogP) is 0.554. The molecule has 1 aliphatic heterocycles. The molecule has 0 aliphatic carbocycles. The molecule has 2 amide bonds. The third-order valence-corrected chi connectivity index (χ3v) is 3.56. The van der Waals surface area contributed by atoms with Gasteiger partial charge in [-0.3, -0.25) is 19.8 Å². The van der Waals surface area contributed by atoms with Gasteiger partial charge in [0.05, 0.1) is 22.8 Å². The largest absolute Gasteiger partial charge is 0.384 e. The number of nitrogens with one attached hydrogen (secondary N) is 1. The van der Waals surface area contributed by atoms with Crippen molar-refractivity contribution in [3.63, 3.8) is 0 Å². The number of carbonyl (C=O) groups is 2. The van der Waals surface area contributed by atoms with Gasteiger partial charge in [0.1, 0.15) is 5.82 Å². The first-order valence-electron chi connectivity index (χ1n) is 5.81. The van der Waals surface area contributed by atoms with Crippen LogP contribution in [0.15, 0.2) is 12.1 Å². The second kappa shape index (κ2) is 4.79. The van der Waals surface area contributed by atoms with Crippen molar-refractivity contribution in [2.24, 2.45) is 0 Å². The van der Waals surface area contributed by atoms with Crippen LogP contribution in [0.1, 0.15) is 19.5 Å². The Kier molecular flexibility index (Phi) is 3.47. The number of pyridine rings is 1. The Morgan fingerprint density at radius 3 is 2.84 bits per heavy atom. The summed E-state index contributed by atoms with van der Waals surface area (Å²) in [6.45, 7) is 3.89. The van der Waals surface area contributed by atoms with Crippen LogP contribution in [-0.2, 0) is 16.1 Å². The number of hydrogen-bond acceptors (Lipinski definition) is 5. The minimum atomic E-state index is -0.802. The number of anilines is 1. The minimum absolute atomic E-state index is 0.117. The average Bonchev–Trinajstić information content (AvgIpc) is 2.31. The molecule has 1 aliphatic rings. The molecule has 2 heterocycles. The molecule has 7 heteroatoms. The van der Waals surface area contributed by atoms with Crippen LogP contribution in [0.25, 0.3) is 0 Å². The third kappa shape index (κ3) is 2.69. The lowest BCUT2D eigenvalue weighted by atomic mass is 9.98. The Balaban J connectivity index is 2.28. The van der Waals surface area contributed by atoms with Gasteiger partial charge in [0.25, 0.3) is 0 Å². The van der Waals surface area contributed by atoms with E-state index in [4.69, 9.17) is 17.3 Å². The molecular weight excluding hydrogens is 268 g/mol. The van der Waals surface area contributed by atoms with Crippen molar-refractivity contribution >= 4 is 29.2 Å². The Bertz CT molecular complexity index is 545. The van der Waals surface area contributed by atoms with Crippen LogP contribution in [0.4, 0.5) is 5.82 Å². The summed E-state index contributed by atoms with van der Waals surface area (Å²) < 4.78 is 0. The average molecular weight is 283 g/mol. The highest BCUT2D eigenvalue weighted by molar-refractivity contribution is 6.31. The topological polar surface area (TPSA) is 88.3 Å². The molecule has 102 valence electrons. The first kappa shape index (κ1) is 13.8. The molecule has 0 saturated carbocycles. The van der Waals surface area contributed by atoms with Gasteiger partial charge >= 0.3 is 0 Å². The Hall–Kier alpha value is -1.66. The number of amides is 2. The molecule has 0 aromatic carbocycles. The van der Waals surface area contributed by atoms with Crippen LogP contribution in [-0.4, -0.2) is 33.8 Å². The lowest BCUT2D eigenvalue weighted by Crippen LogP contribution is -2.63. The summed E-state index contributed by atoms with van der Waals surface area (Å²) in [5, 5.41) is 2.78. The van der Waals surface area contributed by atoms with Gasteiger partial charge in [-0.1, -0.05) is 11.6 Å². The van der Waals surface area contributed by atoms with E-state index in [0.717, 1.165) is 0 Å². The normalized spacial score (nSPS) is 19.3. The van der Waals surface area contributed by atoms with E-state index in [-0.39, 0.29) is 24.9 Å². The summed E-state index contributed by atoms with van der Waals surface area (Å²) in [6, 6.07) is 3.25. The lowest BCUT2D eigenvalue weighted by Gasteiger charge is -2.39. The number of hydrogen-bond donors (Lipinski definition) is 2. The van der Waals surface area contributed by atoms with Crippen LogP contribution >= 0.6 is 11.6 Å². The Morgan fingerprint density at radius 1 is 1.47 bits per heavy atom. The maximum atomic E-state index is 11.8. The number of piperazine rings is 1. The van der Waals surface area contributed by atoms with Crippen LogP contribution in [0.5, 0.6) is 0 Å². The van der Waals surface area contributed by atoms with E-state index in [1.54, 1.807) is 30.9 Å². The van der Waals surface area contributed by atoms with Gasteiger partial charge in [0.2, 0.25) is 11.8 Å². The maximum absolute atomic E-state index is 11.8. The molecule has 1 fully saturated rings. The van der Waals surface area contributed by atoms with Gasteiger partial charge in [0, 0.05) is 6.54 Å². The summed E-state index contributed by atoms with van der Waals surface area (Å²) in [6.07, 6.45) is 0. The fraction of sp³-hybridized carbons (Fsp3) is 0.417. The number of carbonyl (C=O) groups excluding carboxylic acids is 2. The van der Waals surface area contributed by atoms with E-state index in [1.165, 1.54) is 0 Å². The molecule has 6 nitrogen and oxygen atoms in total. The first-order valence-corrected chi connectivity index (χ1v) is 6.18. The van der Waals surface area contributed by atoms with E-state index < -0.39 is 5.54 Å². The molecule has 1 aromatic heterocycles. The maximum Gasteiger partial charge on any atom is 0.246 e. The van der Waals surface area contributed by atoms with Gasteiger partial charge in [-0.2, -0.15) is 0 Å². The van der Waals surface area contributed by atoms with Crippen molar-refractivity contribution in [2.75, 3.05) is 12.3 Å². The van der Waals surface area contributed by atoms with Gasteiger partial charge in [-0.25, -0.2) is 4.98 Å². The number of nitrogen functional groups attached to an aromatic ring is 1. The lowest BCUT2D eigenvalue weighted by molar-refractivity contribution is -0.145. The molecule has 0 radical (unpaired) electrons. The van der Waals surface area contributed by atoms with Crippen molar-refractivity contribution in [3.8, 4) is 0 Å². The molecule has 3 N–H and O–H groups in total. The third-order valence-electron chi connectivity index (χ3n) is 3.21. The quantitative estimate of drug-likeness (QED) is 0.774. The molecule has 1 saturated heterocycles. The molecule has 0 spiro atoms. The van der Waals surface area contributed by atoms with Crippen LogP contribution < -0.4 is 11.1 Å². The zero-order valence-corrected chi connectivity index (χ0v) is 11.5. The molecular formula is C12H15ClN4O2. The highest BCUT2D eigenvalue weighted by Gasteiger charge is 2.41. The number of nitrogens with zero attached hydrogens (tertiary/aromatic N) is 2. The van der Waals surface area contributed by atoms with E-state index in [9.17, 15) is 9.59 Å². The number of imide groups is 1. The van der Waals surface area contributed by atoms with E-state index in [0.29, 0.717) is 16.5 Å². The number of aromatic nitrogens is 1. The summed E-state index contributed by atoms with van der Waals surface area (Å²) >= 11 is 6.05. The fourth-order valence-electron chi connectivity index (χ4n) is 1.88. The van der Waals surface area contributed by atoms with Crippen LogP contribution in [0, 0.1) is 0 Å².